The molecule has 0 saturated heterocycles. The number of aryl methyl sites for hydroxylation is 2. The molecule has 2 amide bonds. The van der Waals surface area contributed by atoms with Crippen molar-refractivity contribution < 1.29 is 19.5 Å². The Morgan fingerprint density at radius 2 is 1.88 bits per heavy atom. The molecule has 5 N–H and O–H groups in total. The number of carboxylic acid groups (broad SMARTS) is 1. The Bertz CT molecular complexity index is 783. The Hall–Kier alpha value is -3.01. The zero-order valence-corrected chi connectivity index (χ0v) is 14.4. The van der Waals surface area contributed by atoms with Crippen molar-refractivity contribution in [2.45, 2.75) is 19.9 Å². The van der Waals surface area contributed by atoms with E-state index in [1.807, 2.05) is 0 Å². The van der Waals surface area contributed by atoms with E-state index in [4.69, 9.17) is 5.73 Å². The molecule has 0 saturated carbocycles. The van der Waals surface area contributed by atoms with Crippen LogP contribution in [0.15, 0.2) is 17.5 Å². The summed E-state index contributed by atoms with van der Waals surface area (Å²) in [7, 11) is 0. The van der Waals surface area contributed by atoms with Crippen LogP contribution in [0.3, 0.4) is 0 Å². The third kappa shape index (κ3) is 4.51. The van der Waals surface area contributed by atoms with Crippen LogP contribution in [0.4, 0.5) is 5.95 Å². The van der Waals surface area contributed by atoms with Crippen LogP contribution in [0.2, 0.25) is 0 Å². The fourth-order valence-electron chi connectivity index (χ4n) is 2.19. The van der Waals surface area contributed by atoms with Gasteiger partial charge in [-0.05, 0) is 25.3 Å². The minimum atomic E-state index is -1.30. The molecular formula is C15H17N5O4S. The predicted octanol–water partition coefficient (Wildman–Crippen LogP) is 0.350. The lowest BCUT2D eigenvalue weighted by Gasteiger charge is -2.16. The lowest BCUT2D eigenvalue weighted by molar-refractivity contribution is -0.139. The third-order valence-corrected chi connectivity index (χ3v) is 4.20. The van der Waals surface area contributed by atoms with E-state index in [9.17, 15) is 19.5 Å². The number of nitrogens with two attached hydrogens (primary N) is 1. The standard InChI is InChI=1S/C15H17N5O4S/c1-7-11(8(2)19-15(16)18-7)13(22)20-9(14(23)24)6-17-12(21)10-4-3-5-25-10/h3-5,9H,6H2,1-2H3,(H,17,21)(H,20,22)(H,23,24)(H2,16,18,19). The van der Waals surface area contributed by atoms with Gasteiger partial charge in [-0.1, -0.05) is 6.07 Å². The second-order valence-electron chi connectivity index (χ2n) is 5.18. The Morgan fingerprint density at radius 1 is 1.24 bits per heavy atom. The highest BCUT2D eigenvalue weighted by Gasteiger charge is 2.24. The van der Waals surface area contributed by atoms with Gasteiger partial charge in [0.15, 0.2) is 0 Å². The van der Waals surface area contributed by atoms with Crippen LogP contribution >= 0.6 is 11.3 Å². The second-order valence-corrected chi connectivity index (χ2v) is 6.13. The molecule has 2 rings (SSSR count). The van der Waals surface area contributed by atoms with Gasteiger partial charge in [-0.25, -0.2) is 14.8 Å². The first-order valence-electron chi connectivity index (χ1n) is 7.25. The van der Waals surface area contributed by atoms with Crippen LogP contribution in [0, 0.1) is 13.8 Å². The number of nitrogens with one attached hydrogen (secondary N) is 2. The molecule has 2 aromatic rings. The molecule has 2 heterocycles. The van der Waals surface area contributed by atoms with Gasteiger partial charge in [-0.15, -0.1) is 11.3 Å². The van der Waals surface area contributed by atoms with Gasteiger partial charge in [0.25, 0.3) is 11.8 Å². The number of rotatable bonds is 6. The summed E-state index contributed by atoms with van der Waals surface area (Å²) in [5, 5.41) is 15.9. The van der Waals surface area contributed by atoms with Gasteiger partial charge >= 0.3 is 5.97 Å². The van der Waals surface area contributed by atoms with E-state index in [2.05, 4.69) is 20.6 Å². The summed E-state index contributed by atoms with van der Waals surface area (Å²) in [6.07, 6.45) is 0. The molecule has 0 aliphatic heterocycles. The third-order valence-electron chi connectivity index (χ3n) is 3.33. The molecule has 0 bridgehead atoms. The summed E-state index contributed by atoms with van der Waals surface area (Å²) in [5.74, 6) is -2.29. The zero-order chi connectivity index (χ0) is 18.6. The first kappa shape index (κ1) is 18.3. The highest BCUT2D eigenvalue weighted by atomic mass is 32.1. The van der Waals surface area contributed by atoms with Gasteiger partial charge in [-0.2, -0.15) is 0 Å². The van der Waals surface area contributed by atoms with Crippen LogP contribution in [-0.4, -0.2) is 45.4 Å². The Morgan fingerprint density at radius 3 is 2.40 bits per heavy atom. The average Bonchev–Trinajstić information content (AvgIpc) is 3.04. The number of hydrogen-bond acceptors (Lipinski definition) is 7. The number of nitrogen functional groups attached to an aromatic ring is 1. The van der Waals surface area contributed by atoms with E-state index >= 15 is 0 Å². The van der Waals surface area contributed by atoms with E-state index in [1.54, 1.807) is 31.4 Å². The van der Waals surface area contributed by atoms with Crippen LogP contribution < -0.4 is 16.4 Å². The maximum Gasteiger partial charge on any atom is 0.328 e. The molecule has 1 unspecified atom stereocenters. The lowest BCUT2D eigenvalue weighted by atomic mass is 10.1. The molecule has 0 fully saturated rings. The van der Waals surface area contributed by atoms with Gasteiger partial charge < -0.3 is 21.5 Å². The maximum absolute atomic E-state index is 12.4. The molecular weight excluding hydrogens is 346 g/mol. The highest BCUT2D eigenvalue weighted by Crippen LogP contribution is 2.11. The summed E-state index contributed by atoms with van der Waals surface area (Å²) in [6.45, 7) is 2.90. The first-order valence-corrected chi connectivity index (χ1v) is 8.13. The quantitative estimate of drug-likeness (QED) is 0.579. The van der Waals surface area contributed by atoms with Crippen molar-refractivity contribution >= 4 is 35.1 Å². The summed E-state index contributed by atoms with van der Waals surface area (Å²) < 4.78 is 0. The lowest BCUT2D eigenvalue weighted by Crippen LogP contribution is -2.48. The van der Waals surface area contributed by atoms with Crippen molar-refractivity contribution in [3.63, 3.8) is 0 Å². The minimum Gasteiger partial charge on any atom is -0.480 e. The predicted molar refractivity (Wildman–Crippen MR) is 91.5 cm³/mol. The normalized spacial score (nSPS) is 11.6. The molecule has 0 spiro atoms. The molecule has 25 heavy (non-hydrogen) atoms. The molecule has 0 aliphatic rings. The smallest absolute Gasteiger partial charge is 0.328 e. The average molecular weight is 363 g/mol. The van der Waals surface area contributed by atoms with Crippen molar-refractivity contribution in [3.05, 3.63) is 39.3 Å². The Balaban J connectivity index is 2.07. The van der Waals surface area contributed by atoms with E-state index in [0.717, 1.165) is 0 Å². The maximum atomic E-state index is 12.4. The highest BCUT2D eigenvalue weighted by molar-refractivity contribution is 7.12. The van der Waals surface area contributed by atoms with E-state index in [1.165, 1.54) is 11.3 Å². The van der Waals surface area contributed by atoms with E-state index in [0.29, 0.717) is 16.3 Å². The van der Waals surface area contributed by atoms with E-state index in [-0.39, 0.29) is 18.1 Å². The first-order chi connectivity index (χ1) is 11.8. The van der Waals surface area contributed by atoms with Crippen molar-refractivity contribution in [2.24, 2.45) is 0 Å². The number of hydrogen-bond donors (Lipinski definition) is 4. The molecule has 0 aromatic carbocycles. The fourth-order valence-corrected chi connectivity index (χ4v) is 2.83. The largest absolute Gasteiger partial charge is 0.480 e. The van der Waals surface area contributed by atoms with Crippen LogP contribution in [-0.2, 0) is 4.79 Å². The fraction of sp³-hybridized carbons (Fsp3) is 0.267. The number of carbonyl (C=O) groups excluding carboxylic acids is 2. The molecule has 10 heteroatoms. The number of aromatic nitrogens is 2. The number of aliphatic carboxylic acids is 1. The molecule has 132 valence electrons. The summed E-state index contributed by atoms with van der Waals surface area (Å²) in [5.41, 5.74) is 6.35. The van der Waals surface area contributed by atoms with Crippen molar-refractivity contribution in [1.29, 1.82) is 0 Å². The molecule has 0 radical (unpaired) electrons. The summed E-state index contributed by atoms with van der Waals surface area (Å²) in [4.78, 5) is 43.9. The van der Waals surface area contributed by atoms with Gasteiger partial charge in [0.05, 0.1) is 21.8 Å². The van der Waals surface area contributed by atoms with Crippen LogP contribution in [0.1, 0.15) is 31.4 Å². The SMILES string of the molecule is Cc1nc(N)nc(C)c1C(=O)NC(CNC(=O)c1cccs1)C(=O)O. The van der Waals surface area contributed by atoms with Crippen molar-refractivity contribution in [3.8, 4) is 0 Å². The number of anilines is 1. The number of carboxylic acids is 1. The minimum absolute atomic E-state index is 0.0320. The van der Waals surface area contributed by atoms with Gasteiger partial charge in [-0.3, -0.25) is 9.59 Å². The zero-order valence-electron chi connectivity index (χ0n) is 13.6. The van der Waals surface area contributed by atoms with Gasteiger partial charge in [0.2, 0.25) is 5.95 Å². The van der Waals surface area contributed by atoms with Crippen molar-refractivity contribution in [2.75, 3.05) is 12.3 Å². The molecule has 2 aromatic heterocycles. The second kappa shape index (κ2) is 7.71. The molecule has 1 atom stereocenters. The number of thiophene rings is 1. The van der Waals surface area contributed by atoms with E-state index < -0.39 is 23.8 Å². The molecule has 0 aliphatic carbocycles. The van der Waals surface area contributed by atoms with Crippen LogP contribution in [0.5, 0.6) is 0 Å². The Labute approximate surface area is 147 Å². The summed E-state index contributed by atoms with van der Waals surface area (Å²) in [6, 6.07) is 2.03. The summed E-state index contributed by atoms with van der Waals surface area (Å²) >= 11 is 1.23. The van der Waals surface area contributed by atoms with Gasteiger partial charge in [0, 0.05) is 6.54 Å². The molecule has 9 nitrogen and oxygen atoms in total. The monoisotopic (exact) mass is 363 g/mol. The number of nitrogens with zero attached hydrogens (tertiary/aromatic N) is 2. The Kier molecular flexibility index (Phi) is 5.65. The topological polar surface area (TPSA) is 147 Å². The van der Waals surface area contributed by atoms with Crippen molar-refractivity contribution in [1.82, 2.24) is 20.6 Å². The number of carbonyl (C=O) groups is 3. The van der Waals surface area contributed by atoms with Crippen LogP contribution in [0.25, 0.3) is 0 Å². The van der Waals surface area contributed by atoms with Gasteiger partial charge in [0.1, 0.15) is 6.04 Å². The number of amides is 2.